The summed E-state index contributed by atoms with van der Waals surface area (Å²) in [6.07, 6.45) is 1.65. The van der Waals surface area contributed by atoms with Crippen LogP contribution in [0.5, 0.6) is 0 Å². The highest BCUT2D eigenvalue weighted by molar-refractivity contribution is 6.30. The van der Waals surface area contributed by atoms with E-state index in [1.165, 1.54) is 11.1 Å². The molecule has 0 aliphatic carbocycles. The Balaban J connectivity index is 1.62. The van der Waals surface area contributed by atoms with E-state index in [1.54, 1.807) is 12.3 Å². The van der Waals surface area contributed by atoms with Crippen LogP contribution < -0.4 is 5.32 Å². The molecule has 4 aromatic rings. The van der Waals surface area contributed by atoms with Gasteiger partial charge in [-0.3, -0.25) is 4.79 Å². The van der Waals surface area contributed by atoms with E-state index in [4.69, 9.17) is 16.0 Å². The third-order valence-corrected chi connectivity index (χ3v) is 4.92. The Hall–Kier alpha value is -2.98. The van der Waals surface area contributed by atoms with Gasteiger partial charge in [0.05, 0.1) is 11.8 Å². The molecule has 5 heteroatoms. The van der Waals surface area contributed by atoms with Crippen molar-refractivity contribution in [1.29, 1.82) is 0 Å². The average Bonchev–Trinajstić information content (AvgIpc) is 3.24. The molecule has 0 atom stereocenters. The number of amides is 1. The molecule has 2 aromatic carbocycles. The Morgan fingerprint density at radius 3 is 2.78 bits per heavy atom. The van der Waals surface area contributed by atoms with E-state index in [2.05, 4.69) is 24.4 Å². The highest BCUT2D eigenvalue weighted by atomic mass is 35.5. The van der Waals surface area contributed by atoms with Crippen LogP contribution in [0.25, 0.3) is 11.1 Å². The molecule has 27 heavy (non-hydrogen) atoms. The maximum absolute atomic E-state index is 12.9. The van der Waals surface area contributed by atoms with Crippen molar-refractivity contribution < 1.29 is 9.21 Å². The third-order valence-electron chi connectivity index (χ3n) is 4.69. The van der Waals surface area contributed by atoms with Crippen molar-refractivity contribution in [3.05, 3.63) is 94.3 Å². The minimum atomic E-state index is -0.144. The van der Waals surface area contributed by atoms with Crippen LogP contribution in [0, 0.1) is 6.92 Å². The fourth-order valence-corrected chi connectivity index (χ4v) is 3.43. The largest absolute Gasteiger partial charge is 0.463 e. The molecule has 1 N–H and O–H groups in total. The molecule has 2 heterocycles. The van der Waals surface area contributed by atoms with Crippen LogP contribution >= 0.6 is 11.6 Å². The van der Waals surface area contributed by atoms with E-state index >= 15 is 0 Å². The highest BCUT2D eigenvalue weighted by Crippen LogP contribution is 2.23. The summed E-state index contributed by atoms with van der Waals surface area (Å²) in [5.74, 6) is -0.144. The summed E-state index contributed by atoms with van der Waals surface area (Å²) in [5, 5.41) is 3.63. The SMILES string of the molecule is Cc1ccccc1Cn1c(C(=O)NCc2cccc(Cl)c2)cc2occc21. The van der Waals surface area contributed by atoms with E-state index in [0.717, 1.165) is 11.1 Å². The lowest BCUT2D eigenvalue weighted by Crippen LogP contribution is -2.25. The first-order valence-electron chi connectivity index (χ1n) is 8.76. The van der Waals surface area contributed by atoms with Gasteiger partial charge in [-0.05, 0) is 35.7 Å². The second-order valence-electron chi connectivity index (χ2n) is 6.52. The molecule has 4 rings (SSSR count). The predicted molar refractivity (Wildman–Crippen MR) is 107 cm³/mol. The van der Waals surface area contributed by atoms with Gasteiger partial charge in [0.15, 0.2) is 5.58 Å². The van der Waals surface area contributed by atoms with Crippen LogP contribution in [-0.4, -0.2) is 10.5 Å². The minimum Gasteiger partial charge on any atom is -0.463 e. The van der Waals surface area contributed by atoms with Crippen molar-refractivity contribution in [2.75, 3.05) is 0 Å². The van der Waals surface area contributed by atoms with Crippen LogP contribution in [0.15, 0.2) is 71.3 Å². The molecule has 0 spiro atoms. The lowest BCUT2D eigenvalue weighted by Gasteiger charge is -2.12. The summed E-state index contributed by atoms with van der Waals surface area (Å²) in [4.78, 5) is 12.9. The fraction of sp³-hybridized carbons (Fsp3) is 0.136. The Morgan fingerprint density at radius 2 is 1.96 bits per heavy atom. The van der Waals surface area contributed by atoms with Crippen LogP contribution in [0.2, 0.25) is 5.02 Å². The number of carbonyl (C=O) groups is 1. The topological polar surface area (TPSA) is 47.2 Å². The second-order valence-corrected chi connectivity index (χ2v) is 6.96. The molecule has 0 unspecified atom stereocenters. The number of fused-ring (bicyclic) bond motifs is 1. The van der Waals surface area contributed by atoms with Crippen LogP contribution in [0.3, 0.4) is 0 Å². The Morgan fingerprint density at radius 1 is 1.11 bits per heavy atom. The molecule has 0 bridgehead atoms. The van der Waals surface area contributed by atoms with E-state index in [9.17, 15) is 4.79 Å². The Bertz CT molecular complexity index is 1110. The second kappa shape index (κ2) is 7.33. The maximum Gasteiger partial charge on any atom is 0.268 e. The lowest BCUT2D eigenvalue weighted by molar-refractivity contribution is 0.0942. The van der Waals surface area contributed by atoms with Gasteiger partial charge in [0.25, 0.3) is 5.91 Å². The van der Waals surface area contributed by atoms with Gasteiger partial charge in [0, 0.05) is 30.2 Å². The number of aryl methyl sites for hydroxylation is 1. The quantitative estimate of drug-likeness (QED) is 0.520. The number of furan rings is 1. The zero-order chi connectivity index (χ0) is 18.8. The van der Waals surface area contributed by atoms with Crippen molar-refractivity contribution in [3.63, 3.8) is 0 Å². The first-order valence-corrected chi connectivity index (χ1v) is 9.13. The molecule has 1 amide bonds. The zero-order valence-corrected chi connectivity index (χ0v) is 15.7. The average molecular weight is 379 g/mol. The smallest absolute Gasteiger partial charge is 0.268 e. The van der Waals surface area contributed by atoms with E-state index in [0.29, 0.717) is 29.4 Å². The molecule has 4 nitrogen and oxygen atoms in total. The number of aromatic nitrogens is 1. The summed E-state index contributed by atoms with van der Waals surface area (Å²) in [5.41, 5.74) is 5.50. The summed E-state index contributed by atoms with van der Waals surface area (Å²) < 4.78 is 7.51. The van der Waals surface area contributed by atoms with E-state index in [1.807, 2.05) is 47.0 Å². The molecular formula is C22H19ClN2O2. The maximum atomic E-state index is 12.9. The lowest BCUT2D eigenvalue weighted by atomic mass is 10.1. The fourth-order valence-electron chi connectivity index (χ4n) is 3.21. The summed E-state index contributed by atoms with van der Waals surface area (Å²) in [7, 11) is 0. The van der Waals surface area contributed by atoms with Gasteiger partial charge in [-0.2, -0.15) is 0 Å². The molecule has 136 valence electrons. The number of halogens is 1. The van der Waals surface area contributed by atoms with Crippen molar-refractivity contribution in [3.8, 4) is 0 Å². The molecule has 2 aromatic heterocycles. The first-order chi connectivity index (χ1) is 13.1. The van der Waals surface area contributed by atoms with Gasteiger partial charge in [-0.1, -0.05) is 48.0 Å². The standard InChI is InChI=1S/C22H19ClN2O2/c1-15-5-2-3-7-17(15)14-25-19-9-10-27-21(19)12-20(25)22(26)24-13-16-6-4-8-18(23)11-16/h2-12H,13-14H2,1H3,(H,24,26). The van der Waals surface area contributed by atoms with Crippen LogP contribution in [-0.2, 0) is 13.1 Å². The van der Waals surface area contributed by atoms with Gasteiger partial charge in [-0.25, -0.2) is 0 Å². The highest BCUT2D eigenvalue weighted by Gasteiger charge is 2.18. The van der Waals surface area contributed by atoms with Crippen LogP contribution in [0.4, 0.5) is 0 Å². The number of nitrogens with one attached hydrogen (secondary N) is 1. The van der Waals surface area contributed by atoms with Crippen molar-refractivity contribution in [2.24, 2.45) is 0 Å². The van der Waals surface area contributed by atoms with Crippen LogP contribution in [0.1, 0.15) is 27.2 Å². The zero-order valence-electron chi connectivity index (χ0n) is 14.9. The first kappa shape index (κ1) is 17.4. The summed E-state index contributed by atoms with van der Waals surface area (Å²) in [6, 6.07) is 19.3. The summed E-state index contributed by atoms with van der Waals surface area (Å²) in [6.45, 7) is 3.09. The molecule has 0 saturated heterocycles. The normalized spacial score (nSPS) is 11.0. The molecule has 0 aliphatic rings. The Labute approximate surface area is 162 Å². The van der Waals surface area contributed by atoms with Gasteiger partial charge in [0.1, 0.15) is 5.69 Å². The third kappa shape index (κ3) is 3.62. The molecule has 0 saturated carbocycles. The minimum absolute atomic E-state index is 0.144. The molecule has 0 aliphatic heterocycles. The van der Waals surface area contributed by atoms with E-state index < -0.39 is 0 Å². The van der Waals surface area contributed by atoms with Gasteiger partial charge < -0.3 is 14.3 Å². The number of hydrogen-bond acceptors (Lipinski definition) is 2. The number of carbonyl (C=O) groups excluding carboxylic acids is 1. The van der Waals surface area contributed by atoms with Crippen molar-refractivity contribution in [1.82, 2.24) is 9.88 Å². The van der Waals surface area contributed by atoms with Gasteiger partial charge in [-0.15, -0.1) is 0 Å². The van der Waals surface area contributed by atoms with E-state index in [-0.39, 0.29) is 5.91 Å². The number of nitrogens with zero attached hydrogens (tertiary/aromatic N) is 1. The number of benzene rings is 2. The van der Waals surface area contributed by atoms with Gasteiger partial charge >= 0.3 is 0 Å². The molecule has 0 radical (unpaired) electrons. The Kier molecular flexibility index (Phi) is 4.73. The monoisotopic (exact) mass is 378 g/mol. The number of hydrogen-bond donors (Lipinski definition) is 1. The van der Waals surface area contributed by atoms with Crippen molar-refractivity contribution in [2.45, 2.75) is 20.0 Å². The molecule has 0 fully saturated rings. The molecular weight excluding hydrogens is 360 g/mol. The predicted octanol–water partition coefficient (Wildman–Crippen LogP) is 5.17. The number of rotatable bonds is 5. The summed E-state index contributed by atoms with van der Waals surface area (Å²) >= 11 is 6.02. The van der Waals surface area contributed by atoms with Gasteiger partial charge in [0.2, 0.25) is 0 Å². The van der Waals surface area contributed by atoms with Crippen molar-refractivity contribution >= 4 is 28.6 Å².